The van der Waals surface area contributed by atoms with Crippen LogP contribution in [0.2, 0.25) is 0 Å². The van der Waals surface area contributed by atoms with Crippen LogP contribution in [0.4, 0.5) is 0 Å². The number of fused-ring (bicyclic) bond motifs is 1. The normalized spacial score (nSPS) is 17.3. The number of hydrogen-bond donors (Lipinski definition) is 2. The number of hydrogen-bond acceptors (Lipinski definition) is 6. The molecule has 1 fully saturated rings. The molecular weight excluding hydrogens is 426 g/mol. The van der Waals surface area contributed by atoms with Crippen LogP contribution in [-0.2, 0) is 4.79 Å². The van der Waals surface area contributed by atoms with E-state index in [0.717, 1.165) is 6.42 Å². The summed E-state index contributed by atoms with van der Waals surface area (Å²) in [4.78, 5) is 40.4. The number of furan rings is 1. The minimum Gasteiger partial charge on any atom is -0.459 e. The van der Waals surface area contributed by atoms with E-state index in [4.69, 9.17) is 13.9 Å². The van der Waals surface area contributed by atoms with Gasteiger partial charge in [-0.05, 0) is 62.4 Å². The Morgan fingerprint density at radius 2 is 1.85 bits per heavy atom. The van der Waals surface area contributed by atoms with E-state index in [1.54, 1.807) is 35.2 Å². The van der Waals surface area contributed by atoms with Gasteiger partial charge in [-0.25, -0.2) is 0 Å². The smallest absolute Gasteiger partial charge is 0.289 e. The van der Waals surface area contributed by atoms with Crippen molar-refractivity contribution in [1.82, 2.24) is 15.5 Å². The Balaban J connectivity index is 1.45. The lowest BCUT2D eigenvalue weighted by Crippen LogP contribution is -2.55. The van der Waals surface area contributed by atoms with Crippen LogP contribution in [0.1, 0.15) is 54.0 Å². The van der Waals surface area contributed by atoms with E-state index in [9.17, 15) is 14.4 Å². The summed E-state index contributed by atoms with van der Waals surface area (Å²) in [6.45, 7) is 5.01. The van der Waals surface area contributed by atoms with Crippen molar-refractivity contribution in [1.29, 1.82) is 0 Å². The van der Waals surface area contributed by atoms with Gasteiger partial charge in [0.1, 0.15) is 6.04 Å². The van der Waals surface area contributed by atoms with Crippen molar-refractivity contribution >= 4 is 17.7 Å². The van der Waals surface area contributed by atoms with Crippen LogP contribution in [-0.4, -0.2) is 54.6 Å². The summed E-state index contributed by atoms with van der Waals surface area (Å²) >= 11 is 0. The van der Waals surface area contributed by atoms with Crippen LogP contribution in [0.3, 0.4) is 0 Å². The van der Waals surface area contributed by atoms with Crippen molar-refractivity contribution in [2.45, 2.75) is 45.2 Å². The molecule has 0 spiro atoms. The van der Waals surface area contributed by atoms with E-state index < -0.39 is 6.04 Å². The van der Waals surface area contributed by atoms with Crippen molar-refractivity contribution in [3.63, 3.8) is 0 Å². The molecule has 0 bridgehead atoms. The van der Waals surface area contributed by atoms with Gasteiger partial charge in [0.2, 0.25) is 12.7 Å². The van der Waals surface area contributed by atoms with Crippen molar-refractivity contribution in [3.05, 3.63) is 47.9 Å². The van der Waals surface area contributed by atoms with Crippen molar-refractivity contribution in [2.75, 3.05) is 19.9 Å². The van der Waals surface area contributed by atoms with E-state index in [0.29, 0.717) is 48.8 Å². The zero-order valence-electron chi connectivity index (χ0n) is 18.8. The van der Waals surface area contributed by atoms with Gasteiger partial charge in [0, 0.05) is 24.7 Å². The molecule has 1 aromatic carbocycles. The molecule has 2 aliphatic rings. The number of carbonyl (C=O) groups is 3. The predicted molar refractivity (Wildman–Crippen MR) is 119 cm³/mol. The van der Waals surface area contributed by atoms with Gasteiger partial charge in [-0.2, -0.15) is 0 Å². The van der Waals surface area contributed by atoms with Crippen molar-refractivity contribution < 1.29 is 28.3 Å². The lowest BCUT2D eigenvalue weighted by atomic mass is 9.88. The number of likely N-dealkylation sites (tertiary alicyclic amines) is 1. The fraction of sp³-hybridized carbons (Fsp3) is 0.458. The lowest BCUT2D eigenvalue weighted by Gasteiger charge is -2.35. The summed E-state index contributed by atoms with van der Waals surface area (Å²) < 4.78 is 15.9. The second kappa shape index (κ2) is 9.97. The molecule has 2 atom stereocenters. The number of nitrogens with one attached hydrogen (secondary N) is 2. The molecule has 2 aromatic rings. The van der Waals surface area contributed by atoms with Gasteiger partial charge in [0.25, 0.3) is 11.8 Å². The van der Waals surface area contributed by atoms with E-state index in [-0.39, 0.29) is 36.5 Å². The quantitative estimate of drug-likeness (QED) is 0.664. The van der Waals surface area contributed by atoms with Gasteiger partial charge in [-0.15, -0.1) is 0 Å². The first-order valence-corrected chi connectivity index (χ1v) is 11.3. The Morgan fingerprint density at radius 1 is 1.09 bits per heavy atom. The first kappa shape index (κ1) is 22.7. The summed E-state index contributed by atoms with van der Waals surface area (Å²) in [5.74, 6) is 0.562. The summed E-state index contributed by atoms with van der Waals surface area (Å²) in [6.07, 6.45) is 3.44. The third-order valence-corrected chi connectivity index (χ3v) is 6.24. The third-order valence-electron chi connectivity index (χ3n) is 6.24. The molecule has 3 heterocycles. The number of piperidine rings is 1. The zero-order chi connectivity index (χ0) is 23.4. The van der Waals surface area contributed by atoms with E-state index in [2.05, 4.69) is 10.6 Å². The van der Waals surface area contributed by atoms with Crippen molar-refractivity contribution in [2.24, 2.45) is 5.92 Å². The molecule has 1 aromatic heterocycles. The summed E-state index contributed by atoms with van der Waals surface area (Å²) in [5, 5.41) is 5.91. The fourth-order valence-corrected chi connectivity index (χ4v) is 4.09. The molecule has 1 saturated heterocycles. The Kier molecular flexibility index (Phi) is 6.86. The number of amides is 3. The Bertz CT molecular complexity index is 998. The lowest BCUT2D eigenvalue weighted by molar-refractivity contribution is -0.125. The topological polar surface area (TPSA) is 110 Å². The summed E-state index contributed by atoms with van der Waals surface area (Å²) in [5.41, 5.74) is 0.394. The molecule has 9 nitrogen and oxygen atoms in total. The predicted octanol–water partition coefficient (Wildman–Crippen LogP) is 2.57. The van der Waals surface area contributed by atoms with Gasteiger partial charge in [-0.1, -0.05) is 6.92 Å². The zero-order valence-corrected chi connectivity index (χ0v) is 18.8. The minimum atomic E-state index is -0.710. The second-order valence-electron chi connectivity index (χ2n) is 8.44. The van der Waals surface area contributed by atoms with Gasteiger partial charge in [0.15, 0.2) is 17.3 Å². The second-order valence-corrected chi connectivity index (χ2v) is 8.44. The number of nitrogens with zero attached hydrogens (tertiary/aromatic N) is 1. The van der Waals surface area contributed by atoms with Crippen molar-refractivity contribution in [3.8, 4) is 11.5 Å². The number of rotatable bonds is 7. The van der Waals surface area contributed by atoms with Crippen LogP contribution >= 0.6 is 0 Å². The highest BCUT2D eigenvalue weighted by atomic mass is 16.7. The van der Waals surface area contributed by atoms with Gasteiger partial charge < -0.3 is 29.4 Å². The molecule has 9 heteroatoms. The maximum absolute atomic E-state index is 13.1. The molecule has 3 amide bonds. The molecule has 4 rings (SSSR count). The molecule has 0 unspecified atom stereocenters. The average Bonchev–Trinajstić information content (AvgIpc) is 3.53. The fourth-order valence-electron chi connectivity index (χ4n) is 4.09. The van der Waals surface area contributed by atoms with Gasteiger partial charge >= 0.3 is 0 Å². The van der Waals surface area contributed by atoms with E-state index in [1.807, 2.05) is 13.8 Å². The maximum Gasteiger partial charge on any atom is 0.289 e. The highest BCUT2D eigenvalue weighted by Gasteiger charge is 2.35. The summed E-state index contributed by atoms with van der Waals surface area (Å²) in [7, 11) is 0. The molecule has 2 N–H and O–H groups in total. The third kappa shape index (κ3) is 5.13. The highest BCUT2D eigenvalue weighted by Crippen LogP contribution is 2.32. The number of carbonyl (C=O) groups excluding carboxylic acids is 3. The maximum atomic E-state index is 13.1. The minimum absolute atomic E-state index is 0.0111. The molecule has 0 radical (unpaired) electrons. The monoisotopic (exact) mass is 455 g/mol. The summed E-state index contributed by atoms with van der Waals surface area (Å²) in [6, 6.07) is 7.55. The van der Waals surface area contributed by atoms with Gasteiger partial charge in [-0.3, -0.25) is 14.4 Å². The average molecular weight is 456 g/mol. The molecule has 2 aliphatic heterocycles. The molecular formula is C24H29N3O6. The first-order valence-electron chi connectivity index (χ1n) is 11.3. The Hall–Kier alpha value is -3.49. The van der Waals surface area contributed by atoms with E-state index >= 15 is 0 Å². The number of ether oxygens (including phenoxy) is 2. The van der Waals surface area contributed by atoms with Crippen LogP contribution in [0.25, 0.3) is 0 Å². The standard InChI is InChI=1S/C24H29N3O6/c1-3-15(2)25-23(29)21(26-22(28)17-6-7-18-20(13-17)33-14-32-18)16-8-10-27(11-9-16)24(30)19-5-4-12-31-19/h4-7,12-13,15-16,21H,3,8-11,14H2,1-2H3,(H,25,29)(H,26,28)/t15-,21+/m1/s1. The van der Waals surface area contributed by atoms with Crippen LogP contribution in [0, 0.1) is 5.92 Å². The Labute approximate surface area is 192 Å². The van der Waals surface area contributed by atoms with Gasteiger partial charge in [0.05, 0.1) is 6.26 Å². The van der Waals surface area contributed by atoms with E-state index in [1.165, 1.54) is 6.26 Å². The SMILES string of the molecule is CC[C@@H](C)NC(=O)[C@@H](NC(=O)c1ccc2c(c1)OCO2)C1CCN(C(=O)c2ccco2)CC1. The molecule has 176 valence electrons. The highest BCUT2D eigenvalue weighted by molar-refractivity contribution is 5.98. The van der Waals surface area contributed by atoms with Crippen LogP contribution < -0.4 is 20.1 Å². The largest absolute Gasteiger partial charge is 0.459 e. The number of benzene rings is 1. The Morgan fingerprint density at radius 3 is 2.55 bits per heavy atom. The molecule has 0 aliphatic carbocycles. The first-order chi connectivity index (χ1) is 16.0. The molecule has 0 saturated carbocycles. The van der Waals surface area contributed by atoms with Crippen LogP contribution in [0.15, 0.2) is 41.0 Å². The van der Waals surface area contributed by atoms with Crippen LogP contribution in [0.5, 0.6) is 11.5 Å². The molecule has 33 heavy (non-hydrogen) atoms.